The fourth-order valence-corrected chi connectivity index (χ4v) is 0.664. The van der Waals surface area contributed by atoms with Crippen LogP contribution in [0.2, 0.25) is 0 Å². The van der Waals surface area contributed by atoms with Gasteiger partial charge in [-0.2, -0.15) is 20.0 Å². The molecular formula is C5H9N7O. The molecule has 0 spiro atoms. The molecule has 1 aromatic rings. The van der Waals surface area contributed by atoms with Crippen LogP contribution in [0.1, 0.15) is 0 Å². The zero-order valence-corrected chi connectivity index (χ0v) is 6.93. The standard InChI is InChI=1S/C5H9N7O/c1-12(13-2-6)5-10-3(7)9-4(8)11-5/h2,6H,1H3,(H4,7,8,9,10,11). The maximum atomic E-state index is 6.67. The molecular weight excluding hydrogens is 174 g/mol. The molecule has 1 heterocycles. The number of anilines is 3. The van der Waals surface area contributed by atoms with Gasteiger partial charge >= 0.3 is 0 Å². The number of nitrogens with zero attached hydrogens (tertiary/aromatic N) is 4. The van der Waals surface area contributed by atoms with Crippen LogP contribution in [0.4, 0.5) is 17.8 Å². The molecule has 8 heteroatoms. The number of nitrogens with two attached hydrogens (primary N) is 2. The van der Waals surface area contributed by atoms with E-state index in [1.54, 1.807) is 0 Å². The Morgan fingerprint density at radius 1 is 1.31 bits per heavy atom. The highest BCUT2D eigenvalue weighted by atomic mass is 16.7. The molecule has 0 radical (unpaired) electrons. The van der Waals surface area contributed by atoms with Crippen molar-refractivity contribution >= 4 is 24.2 Å². The summed E-state index contributed by atoms with van der Waals surface area (Å²) in [4.78, 5) is 15.7. The molecule has 8 nitrogen and oxygen atoms in total. The molecule has 0 atom stereocenters. The molecule has 70 valence electrons. The second kappa shape index (κ2) is 3.52. The molecule has 0 saturated heterocycles. The van der Waals surface area contributed by atoms with Gasteiger partial charge in [-0.25, -0.2) is 0 Å². The molecule has 0 saturated carbocycles. The summed E-state index contributed by atoms with van der Waals surface area (Å²) in [6, 6.07) is 0. The number of hydrogen-bond donors (Lipinski definition) is 3. The van der Waals surface area contributed by atoms with Crippen molar-refractivity contribution < 1.29 is 4.84 Å². The van der Waals surface area contributed by atoms with E-state index in [1.165, 1.54) is 7.05 Å². The Bertz CT molecular complexity index is 294. The van der Waals surface area contributed by atoms with Crippen LogP contribution in [0.15, 0.2) is 0 Å². The average molecular weight is 183 g/mol. The van der Waals surface area contributed by atoms with E-state index < -0.39 is 0 Å². The number of hydrogen-bond acceptors (Lipinski definition) is 8. The van der Waals surface area contributed by atoms with Crippen molar-refractivity contribution in [1.82, 2.24) is 15.0 Å². The van der Waals surface area contributed by atoms with E-state index in [4.69, 9.17) is 16.9 Å². The van der Waals surface area contributed by atoms with Gasteiger partial charge in [-0.15, -0.1) is 0 Å². The van der Waals surface area contributed by atoms with Crippen LogP contribution >= 0.6 is 0 Å². The minimum absolute atomic E-state index is 0.00271. The third-order valence-electron chi connectivity index (χ3n) is 1.15. The Labute approximate surface area is 74.0 Å². The Hall–Kier alpha value is -2.12. The lowest BCUT2D eigenvalue weighted by Crippen LogP contribution is -2.20. The number of nitrogen functional groups attached to an aromatic ring is 2. The molecule has 0 aliphatic carbocycles. The summed E-state index contributed by atoms with van der Waals surface area (Å²) in [5, 5.41) is 7.81. The number of nitrogens with one attached hydrogen (secondary N) is 1. The molecule has 5 N–H and O–H groups in total. The molecule has 0 aliphatic rings. The van der Waals surface area contributed by atoms with Gasteiger partial charge in [0, 0.05) is 7.05 Å². The van der Waals surface area contributed by atoms with Gasteiger partial charge in [-0.1, -0.05) is 0 Å². The molecule has 0 fully saturated rings. The highest BCUT2D eigenvalue weighted by molar-refractivity contribution is 5.45. The molecule has 0 unspecified atom stereocenters. The summed E-state index contributed by atoms with van der Waals surface area (Å²) in [5.41, 5.74) is 10.6. The van der Waals surface area contributed by atoms with Crippen LogP contribution in [-0.2, 0) is 4.84 Å². The second-order valence-corrected chi connectivity index (χ2v) is 2.07. The third kappa shape index (κ3) is 2.15. The summed E-state index contributed by atoms with van der Waals surface area (Å²) in [5.74, 6) is 0.152. The van der Waals surface area contributed by atoms with Gasteiger partial charge in [0.2, 0.25) is 18.3 Å². The van der Waals surface area contributed by atoms with E-state index in [-0.39, 0.29) is 17.8 Å². The van der Waals surface area contributed by atoms with Crippen molar-refractivity contribution in [3.8, 4) is 0 Å². The maximum absolute atomic E-state index is 6.67. The largest absolute Gasteiger partial charge is 0.368 e. The first-order valence-electron chi connectivity index (χ1n) is 3.30. The van der Waals surface area contributed by atoms with Gasteiger partial charge < -0.3 is 16.3 Å². The summed E-state index contributed by atoms with van der Waals surface area (Å²) in [6.45, 7) is 0. The first kappa shape index (κ1) is 8.97. The Morgan fingerprint density at radius 3 is 2.31 bits per heavy atom. The average Bonchev–Trinajstić information content (AvgIpc) is 2.03. The van der Waals surface area contributed by atoms with E-state index in [2.05, 4.69) is 19.8 Å². The van der Waals surface area contributed by atoms with Crippen molar-refractivity contribution in [1.29, 1.82) is 5.41 Å². The SMILES string of the molecule is CN(OC=N)c1nc(N)nc(N)n1. The Kier molecular flexibility index (Phi) is 2.43. The van der Waals surface area contributed by atoms with Crippen molar-refractivity contribution in [2.75, 3.05) is 23.6 Å². The normalized spacial score (nSPS) is 9.31. The molecule has 1 aromatic heterocycles. The maximum Gasteiger partial charge on any atom is 0.265 e. The van der Waals surface area contributed by atoms with Crippen LogP contribution in [0.3, 0.4) is 0 Å². The van der Waals surface area contributed by atoms with Crippen LogP contribution in [0, 0.1) is 5.41 Å². The number of rotatable bonds is 3. The highest BCUT2D eigenvalue weighted by Gasteiger charge is 2.06. The zero-order chi connectivity index (χ0) is 9.84. The summed E-state index contributed by atoms with van der Waals surface area (Å²) in [6.07, 6.45) is 0.732. The molecule has 0 aromatic carbocycles. The van der Waals surface area contributed by atoms with Gasteiger partial charge in [0.25, 0.3) is 5.95 Å². The lowest BCUT2D eigenvalue weighted by Gasteiger charge is -2.13. The fourth-order valence-electron chi connectivity index (χ4n) is 0.664. The smallest absolute Gasteiger partial charge is 0.265 e. The summed E-state index contributed by atoms with van der Waals surface area (Å²) >= 11 is 0. The van der Waals surface area contributed by atoms with Crippen molar-refractivity contribution in [3.05, 3.63) is 0 Å². The van der Waals surface area contributed by atoms with E-state index >= 15 is 0 Å². The Balaban J connectivity index is 2.93. The third-order valence-corrected chi connectivity index (χ3v) is 1.15. The minimum Gasteiger partial charge on any atom is -0.368 e. The first-order chi connectivity index (χ1) is 6.13. The monoisotopic (exact) mass is 183 g/mol. The second-order valence-electron chi connectivity index (χ2n) is 2.07. The van der Waals surface area contributed by atoms with Gasteiger partial charge in [-0.3, -0.25) is 5.41 Å². The van der Waals surface area contributed by atoms with Gasteiger partial charge in [0.15, 0.2) is 0 Å². The molecule has 0 amide bonds. The van der Waals surface area contributed by atoms with Crippen LogP contribution < -0.4 is 16.5 Å². The topological polar surface area (TPSA) is 127 Å². The van der Waals surface area contributed by atoms with Gasteiger partial charge in [0.05, 0.1) is 0 Å². The molecule has 1 rings (SSSR count). The predicted molar refractivity (Wildman–Crippen MR) is 46.9 cm³/mol. The van der Waals surface area contributed by atoms with E-state index in [9.17, 15) is 0 Å². The van der Waals surface area contributed by atoms with E-state index in [0.29, 0.717) is 0 Å². The van der Waals surface area contributed by atoms with Crippen LogP contribution in [0.25, 0.3) is 0 Å². The number of hydroxylamine groups is 1. The molecule has 0 aliphatic heterocycles. The van der Waals surface area contributed by atoms with Crippen LogP contribution in [-0.4, -0.2) is 28.4 Å². The predicted octanol–water partition coefficient (Wildman–Crippen LogP) is -0.989. The van der Waals surface area contributed by atoms with Crippen molar-refractivity contribution in [2.24, 2.45) is 0 Å². The highest BCUT2D eigenvalue weighted by Crippen LogP contribution is 2.07. The lowest BCUT2D eigenvalue weighted by molar-refractivity contribution is 0.295. The van der Waals surface area contributed by atoms with Crippen LogP contribution in [0.5, 0.6) is 0 Å². The molecule has 13 heavy (non-hydrogen) atoms. The first-order valence-corrected chi connectivity index (χ1v) is 3.30. The van der Waals surface area contributed by atoms with Gasteiger partial charge in [0.1, 0.15) is 0 Å². The zero-order valence-electron chi connectivity index (χ0n) is 6.93. The molecule has 0 bridgehead atoms. The van der Waals surface area contributed by atoms with Crippen molar-refractivity contribution in [2.45, 2.75) is 0 Å². The van der Waals surface area contributed by atoms with E-state index in [1.807, 2.05) is 0 Å². The summed E-state index contributed by atoms with van der Waals surface area (Å²) in [7, 11) is 1.51. The lowest BCUT2D eigenvalue weighted by atomic mass is 10.8. The fraction of sp³-hybridized carbons (Fsp3) is 0.200. The Morgan fingerprint density at radius 2 is 1.85 bits per heavy atom. The van der Waals surface area contributed by atoms with E-state index in [0.717, 1.165) is 11.5 Å². The minimum atomic E-state index is 0.00271. The van der Waals surface area contributed by atoms with Gasteiger partial charge in [-0.05, 0) is 0 Å². The summed E-state index contributed by atoms with van der Waals surface area (Å²) < 4.78 is 0. The quantitative estimate of drug-likeness (QED) is 0.312. The number of aromatic nitrogens is 3. The van der Waals surface area contributed by atoms with Crippen molar-refractivity contribution in [3.63, 3.8) is 0 Å².